The molecule has 0 bridgehead atoms. The van der Waals surface area contributed by atoms with Gasteiger partial charge >= 0.3 is 23.9 Å². The second kappa shape index (κ2) is 8.35. The predicted octanol–water partition coefficient (Wildman–Crippen LogP) is -0.747. The summed E-state index contributed by atoms with van der Waals surface area (Å²) in [4.78, 5) is 40.8. The third kappa shape index (κ3) is 6.62. The standard InChI is InChI=1S/C7H6O5.C6H8O7/c8-4-1-3(7(11)12)2-5(9)6(4)10;7-3(8)1-6(13,5(11)12)2-4(9)10/h1-2,8-10H,(H,11,12);13H,1-2H2,(H,7,8)(H,9,10)(H,11,12). The Kier molecular flexibility index (Phi) is 7.17. The molecule has 0 saturated carbocycles. The van der Waals surface area contributed by atoms with Crippen LogP contribution in [0.2, 0.25) is 0 Å². The van der Waals surface area contributed by atoms with Gasteiger partial charge in [-0.2, -0.15) is 0 Å². The molecule has 0 fully saturated rings. The first-order valence-electron chi connectivity index (χ1n) is 6.17. The van der Waals surface area contributed by atoms with Gasteiger partial charge in [-0.3, -0.25) is 9.59 Å². The Morgan fingerprint density at radius 3 is 1.40 bits per heavy atom. The lowest BCUT2D eigenvalue weighted by Gasteiger charge is -2.18. The maximum Gasteiger partial charge on any atom is 0.336 e. The second-order valence-electron chi connectivity index (χ2n) is 4.65. The Hall–Kier alpha value is -3.54. The minimum atomic E-state index is -2.74. The molecule has 0 atom stereocenters. The number of benzene rings is 1. The minimum absolute atomic E-state index is 0.289. The van der Waals surface area contributed by atoms with Crippen LogP contribution in [-0.2, 0) is 14.4 Å². The van der Waals surface area contributed by atoms with Gasteiger partial charge in [-0.25, -0.2) is 9.59 Å². The van der Waals surface area contributed by atoms with Crippen molar-refractivity contribution in [1.29, 1.82) is 0 Å². The molecule has 0 aliphatic heterocycles. The molecule has 0 aliphatic rings. The molecule has 0 amide bonds. The van der Waals surface area contributed by atoms with Crippen LogP contribution in [0.1, 0.15) is 23.2 Å². The predicted molar refractivity (Wildman–Crippen MR) is 75.5 cm³/mol. The van der Waals surface area contributed by atoms with E-state index >= 15 is 0 Å². The van der Waals surface area contributed by atoms with E-state index in [1.807, 2.05) is 0 Å². The average molecular weight is 362 g/mol. The van der Waals surface area contributed by atoms with Crippen LogP contribution in [0.5, 0.6) is 17.2 Å². The van der Waals surface area contributed by atoms with E-state index in [9.17, 15) is 19.2 Å². The fourth-order valence-electron chi connectivity index (χ4n) is 1.44. The number of phenolic OH excluding ortho intramolecular Hbond substituents is 3. The Bertz CT molecular complexity index is 653. The SMILES string of the molecule is O=C(O)CC(O)(CC(=O)O)C(=O)O.O=C(O)c1cc(O)c(O)c(O)c1. The van der Waals surface area contributed by atoms with Crippen molar-refractivity contribution < 1.29 is 60.0 Å². The molecule has 0 aliphatic carbocycles. The van der Waals surface area contributed by atoms with Gasteiger partial charge in [0.05, 0.1) is 18.4 Å². The molecule has 12 nitrogen and oxygen atoms in total. The van der Waals surface area contributed by atoms with E-state index in [0.29, 0.717) is 0 Å². The summed E-state index contributed by atoms with van der Waals surface area (Å²) in [5.41, 5.74) is -3.03. The number of aromatic hydroxyl groups is 3. The Balaban J connectivity index is 0.000000462. The van der Waals surface area contributed by atoms with Crippen molar-refractivity contribution in [1.82, 2.24) is 0 Å². The van der Waals surface area contributed by atoms with Crippen molar-refractivity contribution in [2.45, 2.75) is 18.4 Å². The third-order valence-electron chi connectivity index (χ3n) is 2.60. The maximum atomic E-state index is 10.3. The van der Waals surface area contributed by atoms with Crippen molar-refractivity contribution in [3.63, 3.8) is 0 Å². The van der Waals surface area contributed by atoms with E-state index in [1.54, 1.807) is 0 Å². The van der Waals surface area contributed by atoms with Crippen LogP contribution in [0, 0.1) is 0 Å². The number of phenols is 3. The van der Waals surface area contributed by atoms with Gasteiger partial charge in [-0.15, -0.1) is 0 Å². The van der Waals surface area contributed by atoms with Gasteiger partial charge in [-0.05, 0) is 12.1 Å². The van der Waals surface area contributed by atoms with Gasteiger partial charge in [0.25, 0.3) is 0 Å². The largest absolute Gasteiger partial charge is 0.504 e. The fourth-order valence-corrected chi connectivity index (χ4v) is 1.44. The molecule has 8 N–H and O–H groups in total. The molecule has 0 spiro atoms. The number of aliphatic hydroxyl groups is 1. The van der Waals surface area contributed by atoms with E-state index in [0.717, 1.165) is 12.1 Å². The molecule has 1 aromatic carbocycles. The highest BCUT2D eigenvalue weighted by molar-refractivity contribution is 5.89. The number of hydrogen-bond acceptors (Lipinski definition) is 8. The van der Waals surface area contributed by atoms with Gasteiger partial charge in [0.15, 0.2) is 22.8 Å². The fraction of sp³-hybridized carbons (Fsp3) is 0.231. The lowest BCUT2D eigenvalue weighted by molar-refractivity contribution is -0.170. The minimum Gasteiger partial charge on any atom is -0.504 e. The summed E-state index contributed by atoms with van der Waals surface area (Å²) in [6.45, 7) is 0. The average Bonchev–Trinajstić information content (AvgIpc) is 2.42. The summed E-state index contributed by atoms with van der Waals surface area (Å²) < 4.78 is 0. The quantitative estimate of drug-likeness (QED) is 0.292. The molecule has 1 rings (SSSR count). The molecule has 12 heteroatoms. The van der Waals surface area contributed by atoms with Crippen LogP contribution in [0.15, 0.2) is 12.1 Å². The van der Waals surface area contributed by atoms with Crippen LogP contribution in [0.25, 0.3) is 0 Å². The highest BCUT2D eigenvalue weighted by atomic mass is 16.4. The molecule has 25 heavy (non-hydrogen) atoms. The summed E-state index contributed by atoms with van der Waals surface area (Å²) in [5, 5.41) is 68.8. The molecule has 0 unspecified atom stereocenters. The van der Waals surface area contributed by atoms with Crippen molar-refractivity contribution in [2.75, 3.05) is 0 Å². The van der Waals surface area contributed by atoms with E-state index in [1.165, 1.54) is 0 Å². The highest BCUT2D eigenvalue weighted by Gasteiger charge is 2.40. The number of aliphatic carboxylic acids is 3. The number of carboxylic acids is 4. The number of rotatable bonds is 6. The number of carbonyl (C=O) groups is 4. The molecular formula is C13H14O12. The summed E-state index contributed by atoms with van der Waals surface area (Å²) in [5.74, 6) is -8.35. The molecular weight excluding hydrogens is 348 g/mol. The van der Waals surface area contributed by atoms with Crippen LogP contribution >= 0.6 is 0 Å². The third-order valence-corrected chi connectivity index (χ3v) is 2.60. The van der Waals surface area contributed by atoms with E-state index in [2.05, 4.69) is 0 Å². The Morgan fingerprint density at radius 1 is 0.800 bits per heavy atom. The smallest absolute Gasteiger partial charge is 0.336 e. The van der Waals surface area contributed by atoms with Gasteiger partial charge < -0.3 is 40.9 Å². The van der Waals surface area contributed by atoms with Gasteiger partial charge in [0.1, 0.15) is 0 Å². The first-order chi connectivity index (χ1) is 11.3. The van der Waals surface area contributed by atoms with Gasteiger partial charge in [0.2, 0.25) is 0 Å². The number of aromatic carboxylic acids is 1. The molecule has 0 saturated heterocycles. The lowest BCUT2D eigenvalue weighted by atomic mass is 9.96. The zero-order valence-corrected chi connectivity index (χ0v) is 12.3. The van der Waals surface area contributed by atoms with Gasteiger partial charge in [0, 0.05) is 0 Å². The summed E-state index contributed by atoms with van der Waals surface area (Å²) in [6.07, 6.45) is -2.29. The topological polar surface area (TPSA) is 230 Å². The summed E-state index contributed by atoms with van der Waals surface area (Å²) in [7, 11) is 0. The zero-order chi connectivity index (χ0) is 19.9. The summed E-state index contributed by atoms with van der Waals surface area (Å²) >= 11 is 0. The molecule has 0 radical (unpaired) electrons. The normalized spacial score (nSPS) is 10.3. The first-order valence-corrected chi connectivity index (χ1v) is 6.17. The van der Waals surface area contributed by atoms with E-state index < -0.39 is 59.6 Å². The van der Waals surface area contributed by atoms with Crippen molar-refractivity contribution >= 4 is 23.9 Å². The van der Waals surface area contributed by atoms with Crippen molar-refractivity contribution in [3.8, 4) is 17.2 Å². The molecule has 0 heterocycles. The summed E-state index contributed by atoms with van der Waals surface area (Å²) in [6, 6.07) is 1.69. The second-order valence-corrected chi connectivity index (χ2v) is 4.65. The first kappa shape index (κ1) is 21.5. The van der Waals surface area contributed by atoms with Crippen LogP contribution in [0.4, 0.5) is 0 Å². The van der Waals surface area contributed by atoms with Gasteiger partial charge in [-0.1, -0.05) is 0 Å². The monoisotopic (exact) mass is 362 g/mol. The number of hydrogen-bond donors (Lipinski definition) is 8. The molecule has 138 valence electrons. The number of carboxylic acid groups (broad SMARTS) is 4. The van der Waals surface area contributed by atoms with Crippen molar-refractivity contribution in [2.24, 2.45) is 0 Å². The maximum absolute atomic E-state index is 10.3. The molecule has 0 aromatic heterocycles. The zero-order valence-electron chi connectivity index (χ0n) is 12.3. The Morgan fingerprint density at radius 2 is 1.16 bits per heavy atom. The highest BCUT2D eigenvalue weighted by Crippen LogP contribution is 2.35. The van der Waals surface area contributed by atoms with Crippen LogP contribution in [0.3, 0.4) is 0 Å². The van der Waals surface area contributed by atoms with Crippen molar-refractivity contribution in [3.05, 3.63) is 17.7 Å². The van der Waals surface area contributed by atoms with Crippen LogP contribution in [-0.4, -0.2) is 70.3 Å². The molecule has 1 aromatic rings. The van der Waals surface area contributed by atoms with E-state index in [-0.39, 0.29) is 5.56 Å². The van der Waals surface area contributed by atoms with E-state index in [4.69, 9.17) is 40.9 Å². The van der Waals surface area contributed by atoms with Crippen LogP contribution < -0.4 is 0 Å². The lowest BCUT2D eigenvalue weighted by Crippen LogP contribution is -2.42. The Labute approximate surface area is 138 Å².